The summed E-state index contributed by atoms with van der Waals surface area (Å²) < 4.78 is 4.90. The van der Waals surface area contributed by atoms with Crippen molar-refractivity contribution in [3.8, 4) is 0 Å². The predicted molar refractivity (Wildman–Crippen MR) is 39.5 cm³/mol. The lowest BCUT2D eigenvalue weighted by Gasteiger charge is -1.90. The summed E-state index contributed by atoms with van der Waals surface area (Å²) in [5.74, 6) is -0.925. The fourth-order valence-corrected chi connectivity index (χ4v) is 1.07. The van der Waals surface area contributed by atoms with Crippen molar-refractivity contribution >= 4 is 5.97 Å². The number of hydrogen-bond acceptors (Lipinski definition) is 3. The van der Waals surface area contributed by atoms with Gasteiger partial charge in [-0.05, 0) is 12.1 Å². The zero-order valence-corrected chi connectivity index (χ0v) is 6.18. The Morgan fingerprint density at radius 1 is 1.58 bits per heavy atom. The molecular weight excluding hydrogens is 158 g/mol. The van der Waals surface area contributed by atoms with Crippen molar-refractivity contribution in [2.75, 3.05) is 0 Å². The summed E-state index contributed by atoms with van der Waals surface area (Å²) >= 11 is 0. The van der Waals surface area contributed by atoms with Gasteiger partial charge in [-0.25, -0.2) is 4.79 Å². The normalized spacial score (nSPS) is 26.7. The molecule has 0 amide bonds. The van der Waals surface area contributed by atoms with Crippen molar-refractivity contribution < 1.29 is 14.6 Å². The van der Waals surface area contributed by atoms with Crippen LogP contribution >= 0.6 is 0 Å². The molecule has 12 heavy (non-hydrogen) atoms. The number of nitrogens with zero attached hydrogens (tertiary/aromatic N) is 1. The first-order valence-corrected chi connectivity index (χ1v) is 3.58. The standard InChI is InChI=1S/C8H7NO3/c10-8(11)7-6(12-7)5-3-1-2-4-9-5/h1-4,6-7H,(H,10,11). The van der Waals surface area contributed by atoms with E-state index < -0.39 is 12.1 Å². The smallest absolute Gasteiger partial charge is 0.336 e. The Balaban J connectivity index is 2.11. The third kappa shape index (κ3) is 1.16. The maximum absolute atomic E-state index is 10.4. The van der Waals surface area contributed by atoms with Gasteiger partial charge in [-0.15, -0.1) is 0 Å². The van der Waals surface area contributed by atoms with Crippen LogP contribution in [0.15, 0.2) is 24.4 Å². The second-order valence-corrected chi connectivity index (χ2v) is 2.57. The summed E-state index contributed by atoms with van der Waals surface area (Å²) in [4.78, 5) is 14.4. The van der Waals surface area contributed by atoms with Gasteiger partial charge in [-0.3, -0.25) is 4.98 Å². The average Bonchev–Trinajstić information content (AvgIpc) is 2.84. The lowest BCUT2D eigenvalue weighted by Crippen LogP contribution is -2.05. The number of epoxide rings is 1. The van der Waals surface area contributed by atoms with E-state index in [9.17, 15) is 4.79 Å². The molecular formula is C8H7NO3. The topological polar surface area (TPSA) is 62.7 Å². The molecule has 2 unspecified atom stereocenters. The molecule has 4 nitrogen and oxygen atoms in total. The van der Waals surface area contributed by atoms with Crippen LogP contribution in [0.3, 0.4) is 0 Å². The monoisotopic (exact) mass is 165 g/mol. The van der Waals surface area contributed by atoms with Crippen LogP contribution in [0, 0.1) is 0 Å². The molecule has 1 aliphatic heterocycles. The van der Waals surface area contributed by atoms with E-state index in [1.54, 1.807) is 18.3 Å². The molecule has 1 aliphatic rings. The van der Waals surface area contributed by atoms with Gasteiger partial charge in [-0.1, -0.05) is 6.07 Å². The summed E-state index contributed by atoms with van der Waals surface area (Å²) in [5.41, 5.74) is 0.685. The number of ether oxygens (including phenoxy) is 1. The second kappa shape index (κ2) is 2.57. The van der Waals surface area contributed by atoms with Crippen LogP contribution < -0.4 is 0 Å². The predicted octanol–water partition coefficient (Wildman–Crippen LogP) is 0.606. The maximum Gasteiger partial charge on any atom is 0.336 e. The van der Waals surface area contributed by atoms with Crippen molar-refractivity contribution in [2.24, 2.45) is 0 Å². The first kappa shape index (κ1) is 7.24. The molecule has 62 valence electrons. The van der Waals surface area contributed by atoms with Crippen molar-refractivity contribution in [1.29, 1.82) is 0 Å². The molecule has 2 heterocycles. The number of carbonyl (C=O) groups is 1. The fourth-order valence-electron chi connectivity index (χ4n) is 1.07. The molecule has 0 radical (unpaired) electrons. The van der Waals surface area contributed by atoms with E-state index in [1.165, 1.54) is 0 Å². The van der Waals surface area contributed by atoms with E-state index in [1.807, 2.05) is 6.07 Å². The third-order valence-electron chi connectivity index (χ3n) is 1.71. The van der Waals surface area contributed by atoms with Crippen LogP contribution in [0.4, 0.5) is 0 Å². The zero-order chi connectivity index (χ0) is 8.55. The van der Waals surface area contributed by atoms with Crippen molar-refractivity contribution in [3.63, 3.8) is 0 Å². The molecule has 0 bridgehead atoms. The minimum Gasteiger partial charge on any atom is -0.479 e. The molecule has 2 rings (SSSR count). The molecule has 2 atom stereocenters. The van der Waals surface area contributed by atoms with Gasteiger partial charge in [-0.2, -0.15) is 0 Å². The van der Waals surface area contributed by atoms with Gasteiger partial charge in [0.25, 0.3) is 0 Å². The van der Waals surface area contributed by atoms with Gasteiger partial charge >= 0.3 is 5.97 Å². The molecule has 1 aromatic heterocycles. The van der Waals surface area contributed by atoms with Gasteiger partial charge in [0.05, 0.1) is 5.69 Å². The number of carboxylic acid groups (broad SMARTS) is 1. The fraction of sp³-hybridized carbons (Fsp3) is 0.250. The number of aliphatic carboxylic acids is 1. The van der Waals surface area contributed by atoms with E-state index in [4.69, 9.17) is 9.84 Å². The highest BCUT2D eigenvalue weighted by Crippen LogP contribution is 2.37. The zero-order valence-electron chi connectivity index (χ0n) is 6.18. The molecule has 0 saturated carbocycles. The summed E-state index contributed by atoms with van der Waals surface area (Å²) in [7, 11) is 0. The molecule has 0 spiro atoms. The highest BCUT2D eigenvalue weighted by atomic mass is 16.6. The number of carboxylic acids is 1. The van der Waals surface area contributed by atoms with E-state index in [2.05, 4.69) is 4.98 Å². The van der Waals surface area contributed by atoms with Gasteiger partial charge in [0.2, 0.25) is 0 Å². The van der Waals surface area contributed by atoms with Gasteiger partial charge in [0.1, 0.15) is 6.10 Å². The van der Waals surface area contributed by atoms with Crippen LogP contribution in [0.1, 0.15) is 11.8 Å². The SMILES string of the molecule is O=C(O)C1OC1c1ccccn1. The van der Waals surface area contributed by atoms with Crippen LogP contribution in [0.2, 0.25) is 0 Å². The van der Waals surface area contributed by atoms with E-state index in [-0.39, 0.29) is 6.10 Å². The number of rotatable bonds is 2. The molecule has 1 N–H and O–H groups in total. The molecule has 1 aromatic rings. The Morgan fingerprint density at radius 3 is 2.92 bits per heavy atom. The molecule has 1 saturated heterocycles. The van der Waals surface area contributed by atoms with Crippen molar-refractivity contribution in [1.82, 2.24) is 4.98 Å². The minimum absolute atomic E-state index is 0.344. The quantitative estimate of drug-likeness (QED) is 0.652. The Labute approximate surface area is 68.8 Å². The molecule has 4 heteroatoms. The summed E-state index contributed by atoms with van der Waals surface area (Å²) in [5, 5.41) is 8.53. The van der Waals surface area contributed by atoms with Gasteiger partial charge < -0.3 is 9.84 Å². The van der Waals surface area contributed by atoms with E-state index in [0.717, 1.165) is 0 Å². The minimum atomic E-state index is -0.925. The lowest BCUT2D eigenvalue weighted by molar-refractivity contribution is -0.138. The molecule has 0 aromatic carbocycles. The average molecular weight is 165 g/mol. The van der Waals surface area contributed by atoms with Crippen molar-refractivity contribution in [2.45, 2.75) is 12.2 Å². The number of aromatic nitrogens is 1. The van der Waals surface area contributed by atoms with Gasteiger partial charge in [0, 0.05) is 6.20 Å². The number of hydrogen-bond donors (Lipinski definition) is 1. The Bertz CT molecular complexity index is 298. The lowest BCUT2D eigenvalue weighted by atomic mass is 10.2. The van der Waals surface area contributed by atoms with Crippen LogP contribution in [-0.2, 0) is 9.53 Å². The second-order valence-electron chi connectivity index (χ2n) is 2.57. The Kier molecular flexibility index (Phi) is 1.55. The Morgan fingerprint density at radius 2 is 2.42 bits per heavy atom. The third-order valence-corrected chi connectivity index (χ3v) is 1.71. The summed E-state index contributed by atoms with van der Waals surface area (Å²) in [6.07, 6.45) is 0.583. The van der Waals surface area contributed by atoms with Crippen LogP contribution in [0.5, 0.6) is 0 Å². The first-order valence-electron chi connectivity index (χ1n) is 3.58. The van der Waals surface area contributed by atoms with Crippen LogP contribution in [-0.4, -0.2) is 22.2 Å². The highest BCUT2D eigenvalue weighted by Gasteiger charge is 2.47. The van der Waals surface area contributed by atoms with E-state index >= 15 is 0 Å². The Hall–Kier alpha value is -1.42. The summed E-state index contributed by atoms with van der Waals surface area (Å²) in [6.45, 7) is 0. The molecule has 0 aliphatic carbocycles. The van der Waals surface area contributed by atoms with Crippen molar-refractivity contribution in [3.05, 3.63) is 30.1 Å². The highest BCUT2D eigenvalue weighted by molar-refractivity contribution is 5.76. The van der Waals surface area contributed by atoms with E-state index in [0.29, 0.717) is 5.69 Å². The number of pyridine rings is 1. The largest absolute Gasteiger partial charge is 0.479 e. The maximum atomic E-state index is 10.4. The van der Waals surface area contributed by atoms with Crippen LogP contribution in [0.25, 0.3) is 0 Å². The molecule has 1 fully saturated rings. The first-order chi connectivity index (χ1) is 5.79. The summed E-state index contributed by atoms with van der Waals surface area (Å²) in [6, 6.07) is 5.35. The van der Waals surface area contributed by atoms with Gasteiger partial charge in [0.15, 0.2) is 6.10 Å².